The molecule has 76 valence electrons. The van der Waals surface area contributed by atoms with E-state index >= 15 is 0 Å². The molecule has 1 heterocycles. The molecule has 0 aromatic rings. The first-order valence-electron chi connectivity index (χ1n) is 4.37. The number of hydrogen-bond donors (Lipinski definition) is 3. The predicted molar refractivity (Wildman–Crippen MR) is 55.5 cm³/mol. The van der Waals surface area contributed by atoms with Gasteiger partial charge in [-0.2, -0.15) is 0 Å². The lowest BCUT2D eigenvalue weighted by atomic mass is 10.1. The minimum atomic E-state index is -0.332. The van der Waals surface area contributed by atoms with E-state index in [4.69, 9.17) is 5.73 Å². The van der Waals surface area contributed by atoms with E-state index in [-0.39, 0.29) is 17.5 Å². The lowest BCUT2D eigenvalue weighted by molar-refractivity contribution is -0.122. The van der Waals surface area contributed by atoms with E-state index < -0.39 is 0 Å². The molecule has 1 fully saturated rings. The average Bonchev–Trinajstić information content (AvgIpc) is 2.50. The van der Waals surface area contributed by atoms with Crippen LogP contribution in [0.1, 0.15) is 13.8 Å². The van der Waals surface area contributed by atoms with Crippen molar-refractivity contribution in [1.82, 2.24) is 10.6 Å². The smallest absolute Gasteiger partial charge is 0.238 e. The molecule has 0 radical (unpaired) electrons. The van der Waals surface area contributed by atoms with Crippen molar-refractivity contribution in [2.24, 2.45) is 5.73 Å². The van der Waals surface area contributed by atoms with Gasteiger partial charge in [-0.1, -0.05) is 0 Å². The molecular formula is C8H17N3OS. The second kappa shape index (κ2) is 4.30. The summed E-state index contributed by atoms with van der Waals surface area (Å²) in [4.78, 5) is 11.4. The number of thioether (sulfide) groups is 1. The minimum Gasteiger partial charge on any atom is -0.353 e. The maximum absolute atomic E-state index is 11.4. The highest BCUT2D eigenvalue weighted by molar-refractivity contribution is 7.99. The van der Waals surface area contributed by atoms with Crippen molar-refractivity contribution in [2.75, 3.05) is 18.2 Å². The summed E-state index contributed by atoms with van der Waals surface area (Å²) < 4.78 is 0. The van der Waals surface area contributed by atoms with Gasteiger partial charge in [-0.25, -0.2) is 0 Å². The maximum Gasteiger partial charge on any atom is 0.238 e. The molecule has 0 saturated carbocycles. The van der Waals surface area contributed by atoms with Crippen LogP contribution in [0.15, 0.2) is 0 Å². The van der Waals surface area contributed by atoms with Crippen molar-refractivity contribution in [2.45, 2.75) is 25.4 Å². The van der Waals surface area contributed by atoms with E-state index in [2.05, 4.69) is 10.6 Å². The molecule has 1 amide bonds. The molecule has 1 rings (SSSR count). The largest absolute Gasteiger partial charge is 0.353 e. The molecular weight excluding hydrogens is 186 g/mol. The Balaban J connectivity index is 2.25. The Morgan fingerprint density at radius 2 is 2.46 bits per heavy atom. The minimum absolute atomic E-state index is 0.0349. The molecule has 5 heteroatoms. The van der Waals surface area contributed by atoms with Crippen molar-refractivity contribution in [1.29, 1.82) is 0 Å². The number of carbonyl (C=O) groups excluding carboxylic acids is 1. The molecule has 13 heavy (non-hydrogen) atoms. The van der Waals surface area contributed by atoms with Crippen LogP contribution in [0.25, 0.3) is 0 Å². The van der Waals surface area contributed by atoms with E-state index in [1.165, 1.54) is 0 Å². The molecule has 0 spiro atoms. The van der Waals surface area contributed by atoms with Gasteiger partial charge in [0, 0.05) is 23.7 Å². The fraction of sp³-hybridized carbons (Fsp3) is 0.875. The Bertz CT molecular complexity index is 184. The summed E-state index contributed by atoms with van der Waals surface area (Å²) >= 11 is 1.74. The number of nitrogens with two attached hydrogens (primary N) is 1. The summed E-state index contributed by atoms with van der Waals surface area (Å²) in [5.41, 5.74) is 5.41. The number of amides is 1. The van der Waals surface area contributed by atoms with Crippen LogP contribution < -0.4 is 16.4 Å². The zero-order chi connectivity index (χ0) is 9.90. The van der Waals surface area contributed by atoms with E-state index in [0.29, 0.717) is 6.54 Å². The highest BCUT2D eigenvalue weighted by Gasteiger charge is 2.23. The van der Waals surface area contributed by atoms with Gasteiger partial charge in [0.1, 0.15) is 0 Å². The van der Waals surface area contributed by atoms with Gasteiger partial charge in [0.15, 0.2) is 0 Å². The number of hydrogen-bond acceptors (Lipinski definition) is 4. The highest BCUT2D eigenvalue weighted by atomic mass is 32.2. The van der Waals surface area contributed by atoms with Crippen LogP contribution >= 0.6 is 11.8 Å². The van der Waals surface area contributed by atoms with Gasteiger partial charge in [-0.15, -0.1) is 11.8 Å². The van der Waals surface area contributed by atoms with Gasteiger partial charge in [-0.05, 0) is 13.8 Å². The van der Waals surface area contributed by atoms with Crippen molar-refractivity contribution in [3.8, 4) is 0 Å². The molecule has 0 aromatic carbocycles. The molecule has 1 aliphatic heterocycles. The summed E-state index contributed by atoms with van der Waals surface area (Å²) in [5.74, 6) is 1.78. The maximum atomic E-state index is 11.4. The lowest BCUT2D eigenvalue weighted by Crippen LogP contribution is -2.50. The second-order valence-electron chi connectivity index (χ2n) is 3.98. The first kappa shape index (κ1) is 10.8. The van der Waals surface area contributed by atoms with Crippen molar-refractivity contribution < 1.29 is 4.79 Å². The predicted octanol–water partition coefficient (Wildman–Crippen LogP) is -0.498. The van der Waals surface area contributed by atoms with Gasteiger partial charge >= 0.3 is 0 Å². The van der Waals surface area contributed by atoms with E-state index in [1.807, 2.05) is 13.8 Å². The van der Waals surface area contributed by atoms with Crippen LogP contribution in [0, 0.1) is 0 Å². The molecule has 1 aliphatic rings. The zero-order valence-corrected chi connectivity index (χ0v) is 8.91. The number of rotatable bonds is 3. The van der Waals surface area contributed by atoms with Crippen molar-refractivity contribution >= 4 is 17.7 Å². The van der Waals surface area contributed by atoms with E-state index in [0.717, 1.165) is 11.6 Å². The van der Waals surface area contributed by atoms with Crippen LogP contribution in [-0.2, 0) is 4.79 Å². The fourth-order valence-electron chi connectivity index (χ4n) is 1.00. The SMILES string of the molecule is CC(C)(N)CNC(=O)[C@H]1CSCN1. The van der Waals surface area contributed by atoms with Crippen LogP contribution in [0.5, 0.6) is 0 Å². The average molecular weight is 203 g/mol. The van der Waals surface area contributed by atoms with Gasteiger partial charge in [0.25, 0.3) is 0 Å². The first-order chi connectivity index (χ1) is 5.99. The molecule has 1 atom stereocenters. The Morgan fingerprint density at radius 3 is 2.92 bits per heavy atom. The molecule has 0 unspecified atom stereocenters. The topological polar surface area (TPSA) is 67.1 Å². The third-order valence-corrected chi connectivity index (χ3v) is 2.69. The normalized spacial score (nSPS) is 23.2. The summed E-state index contributed by atoms with van der Waals surface area (Å²) in [7, 11) is 0. The van der Waals surface area contributed by atoms with Crippen LogP contribution in [-0.4, -0.2) is 35.7 Å². The first-order valence-corrected chi connectivity index (χ1v) is 5.52. The quantitative estimate of drug-likeness (QED) is 0.578. The van der Waals surface area contributed by atoms with Gasteiger partial charge < -0.3 is 11.1 Å². The Hall–Kier alpha value is -0.260. The summed E-state index contributed by atoms with van der Waals surface area (Å²) in [6.45, 7) is 4.31. The fourth-order valence-corrected chi connectivity index (χ4v) is 1.94. The summed E-state index contributed by atoms with van der Waals surface area (Å²) in [5, 5.41) is 5.93. The van der Waals surface area contributed by atoms with Gasteiger partial charge in [0.2, 0.25) is 5.91 Å². The molecule has 1 saturated heterocycles. The third-order valence-electron chi connectivity index (χ3n) is 1.75. The monoisotopic (exact) mass is 203 g/mol. The van der Waals surface area contributed by atoms with Crippen LogP contribution in [0.4, 0.5) is 0 Å². The second-order valence-corrected chi connectivity index (χ2v) is 5.01. The van der Waals surface area contributed by atoms with Crippen LogP contribution in [0.3, 0.4) is 0 Å². The molecule has 4 nitrogen and oxygen atoms in total. The molecule has 0 aromatic heterocycles. The van der Waals surface area contributed by atoms with Crippen molar-refractivity contribution in [3.05, 3.63) is 0 Å². The molecule has 0 bridgehead atoms. The van der Waals surface area contributed by atoms with Crippen molar-refractivity contribution in [3.63, 3.8) is 0 Å². The summed E-state index contributed by atoms with van der Waals surface area (Å²) in [6.07, 6.45) is 0. The highest BCUT2D eigenvalue weighted by Crippen LogP contribution is 2.09. The van der Waals surface area contributed by atoms with Gasteiger partial charge in [0.05, 0.1) is 6.04 Å². The summed E-state index contributed by atoms with van der Waals surface area (Å²) in [6, 6.07) is -0.0349. The number of nitrogens with one attached hydrogen (secondary N) is 2. The Labute approximate surface area is 83.0 Å². The van der Waals surface area contributed by atoms with E-state index in [9.17, 15) is 4.79 Å². The number of carbonyl (C=O) groups is 1. The van der Waals surface area contributed by atoms with Crippen LogP contribution in [0.2, 0.25) is 0 Å². The molecule has 4 N–H and O–H groups in total. The lowest BCUT2D eigenvalue weighted by Gasteiger charge is -2.20. The third kappa shape index (κ3) is 3.97. The standard InChI is InChI=1S/C8H17N3OS/c1-8(2,9)4-10-7(12)6-3-13-5-11-6/h6,11H,3-5,9H2,1-2H3,(H,10,12)/t6-/m1/s1. The Kier molecular flexibility index (Phi) is 3.58. The zero-order valence-electron chi connectivity index (χ0n) is 8.09. The Morgan fingerprint density at radius 1 is 1.77 bits per heavy atom. The molecule has 0 aliphatic carbocycles. The van der Waals surface area contributed by atoms with Gasteiger partial charge in [-0.3, -0.25) is 10.1 Å². The van der Waals surface area contributed by atoms with E-state index in [1.54, 1.807) is 11.8 Å².